The highest BCUT2D eigenvalue weighted by Crippen LogP contribution is 2.25. The van der Waals surface area contributed by atoms with Gasteiger partial charge in [0.25, 0.3) is 11.5 Å². The third-order valence-electron chi connectivity index (χ3n) is 4.32. The first-order chi connectivity index (χ1) is 12.3. The van der Waals surface area contributed by atoms with Gasteiger partial charge in [0.1, 0.15) is 17.2 Å². The number of alkyl halides is 3. The quantitative estimate of drug-likeness (QED) is 0.717. The number of halogens is 3. The highest BCUT2D eigenvalue weighted by molar-refractivity contribution is 6.06. The number of hydrogen-bond donors (Lipinski definition) is 3. The molecule has 0 spiro atoms. The summed E-state index contributed by atoms with van der Waals surface area (Å²) in [7, 11) is 0. The number of furan rings is 1. The normalized spacial score (nSPS) is 17.4. The van der Waals surface area contributed by atoms with Gasteiger partial charge in [-0.25, -0.2) is 4.98 Å². The number of fused-ring (bicyclic) bond motifs is 1. The summed E-state index contributed by atoms with van der Waals surface area (Å²) in [6.07, 6.45) is -3.36. The summed E-state index contributed by atoms with van der Waals surface area (Å²) in [6.45, 7) is 2.20. The second-order valence-corrected chi connectivity index (χ2v) is 6.00. The summed E-state index contributed by atoms with van der Waals surface area (Å²) < 4.78 is 45.4. The fourth-order valence-corrected chi connectivity index (χ4v) is 3.05. The minimum Gasteiger partial charge on any atom is -0.442 e. The number of piperazine rings is 1. The summed E-state index contributed by atoms with van der Waals surface area (Å²) in [5.41, 5.74) is -0.729. The van der Waals surface area contributed by atoms with E-state index in [0.29, 0.717) is 13.1 Å². The van der Waals surface area contributed by atoms with Gasteiger partial charge in [0, 0.05) is 32.7 Å². The van der Waals surface area contributed by atoms with Crippen molar-refractivity contribution < 1.29 is 22.4 Å². The number of aromatic amines is 1. The molecule has 1 atom stereocenters. The number of nitrogens with one attached hydrogen (secondary N) is 3. The summed E-state index contributed by atoms with van der Waals surface area (Å²) >= 11 is 0. The van der Waals surface area contributed by atoms with Crippen LogP contribution < -0.4 is 16.2 Å². The lowest BCUT2D eigenvalue weighted by Gasteiger charge is -2.35. The number of hydrogen-bond acceptors (Lipinski definition) is 6. The maximum absolute atomic E-state index is 13.4. The van der Waals surface area contributed by atoms with Crippen molar-refractivity contribution in [2.75, 3.05) is 32.7 Å². The molecule has 26 heavy (non-hydrogen) atoms. The van der Waals surface area contributed by atoms with Crippen LogP contribution in [-0.4, -0.2) is 65.7 Å². The van der Waals surface area contributed by atoms with E-state index in [0.717, 1.165) is 6.33 Å². The Labute approximate surface area is 145 Å². The van der Waals surface area contributed by atoms with Crippen molar-refractivity contribution in [3.63, 3.8) is 0 Å². The Balaban J connectivity index is 1.81. The molecule has 1 fully saturated rings. The van der Waals surface area contributed by atoms with E-state index in [4.69, 9.17) is 4.42 Å². The Hall–Kier alpha value is -2.40. The van der Waals surface area contributed by atoms with Gasteiger partial charge in [0.15, 0.2) is 0 Å². The van der Waals surface area contributed by atoms with Gasteiger partial charge in [0.05, 0.1) is 11.9 Å². The van der Waals surface area contributed by atoms with Crippen molar-refractivity contribution in [3.05, 3.63) is 28.0 Å². The molecule has 0 aromatic carbocycles. The second-order valence-electron chi connectivity index (χ2n) is 6.00. The molecule has 8 nitrogen and oxygen atoms in total. The van der Waals surface area contributed by atoms with Crippen molar-refractivity contribution in [3.8, 4) is 0 Å². The molecule has 3 rings (SSSR count). The number of carbonyl (C=O) groups excluding carboxylic acids is 1. The molecule has 0 bridgehead atoms. The summed E-state index contributed by atoms with van der Waals surface area (Å²) in [5.74, 6) is -0.684. The zero-order chi connectivity index (χ0) is 18.9. The molecule has 142 valence electrons. The fourth-order valence-electron chi connectivity index (χ4n) is 3.05. The minimum atomic E-state index is -4.49. The highest BCUT2D eigenvalue weighted by Gasteiger charge is 2.44. The third kappa shape index (κ3) is 3.58. The molecule has 3 N–H and O–H groups in total. The number of aromatic nitrogens is 2. The Bertz CT molecular complexity index is 854. The average molecular weight is 373 g/mol. The van der Waals surface area contributed by atoms with Gasteiger partial charge in [-0.1, -0.05) is 0 Å². The SMILES string of the molecule is Cc1oc2nc[nH]c(=O)c2c1C(=O)NCC(N1CCNCC1)C(F)(F)F. The van der Waals surface area contributed by atoms with Crippen LogP contribution in [0.4, 0.5) is 13.2 Å². The highest BCUT2D eigenvalue weighted by atomic mass is 19.4. The molecule has 1 aliphatic heterocycles. The van der Waals surface area contributed by atoms with E-state index < -0.39 is 30.2 Å². The molecular formula is C15H18F3N5O3. The Morgan fingerprint density at radius 1 is 1.42 bits per heavy atom. The molecule has 0 aliphatic carbocycles. The lowest BCUT2D eigenvalue weighted by molar-refractivity contribution is -0.183. The zero-order valence-electron chi connectivity index (χ0n) is 13.9. The van der Waals surface area contributed by atoms with E-state index in [1.807, 2.05) is 0 Å². The van der Waals surface area contributed by atoms with Crippen molar-refractivity contribution in [2.24, 2.45) is 0 Å². The van der Waals surface area contributed by atoms with Crippen LogP contribution in [0.1, 0.15) is 16.1 Å². The number of nitrogens with zero attached hydrogens (tertiary/aromatic N) is 2. The Kier molecular flexibility index (Phi) is 5.01. The standard InChI is InChI=1S/C15H18F3N5O3/c1-8-10(11-13(25)21-7-22-14(11)26-8)12(24)20-6-9(15(16,17)18)23-4-2-19-3-5-23/h7,9,19H,2-6H2,1H3,(H,20,24)(H,21,22,25). The second kappa shape index (κ2) is 7.08. The van der Waals surface area contributed by atoms with Crippen LogP contribution in [0.2, 0.25) is 0 Å². The molecular weight excluding hydrogens is 355 g/mol. The zero-order valence-corrected chi connectivity index (χ0v) is 13.9. The maximum Gasteiger partial charge on any atom is 0.405 e. The molecule has 1 amide bonds. The number of carbonyl (C=O) groups is 1. The smallest absolute Gasteiger partial charge is 0.405 e. The van der Waals surface area contributed by atoms with E-state index in [2.05, 4.69) is 20.6 Å². The molecule has 0 saturated carbocycles. The van der Waals surface area contributed by atoms with Gasteiger partial charge in [0.2, 0.25) is 5.71 Å². The van der Waals surface area contributed by atoms with Crippen molar-refractivity contribution in [1.29, 1.82) is 0 Å². The van der Waals surface area contributed by atoms with E-state index in [1.165, 1.54) is 11.8 Å². The van der Waals surface area contributed by atoms with E-state index in [9.17, 15) is 22.8 Å². The number of aryl methyl sites for hydroxylation is 1. The van der Waals surface area contributed by atoms with E-state index in [1.54, 1.807) is 0 Å². The first-order valence-corrected chi connectivity index (χ1v) is 8.05. The predicted octanol–water partition coefficient (Wildman–Crippen LogP) is 0.390. The van der Waals surface area contributed by atoms with Crippen LogP contribution in [0, 0.1) is 6.92 Å². The molecule has 1 aliphatic rings. The molecule has 2 aromatic heterocycles. The van der Waals surface area contributed by atoms with Crippen molar-refractivity contribution in [1.82, 2.24) is 25.5 Å². The molecule has 11 heteroatoms. The molecule has 0 radical (unpaired) electrons. The Morgan fingerprint density at radius 2 is 2.12 bits per heavy atom. The topological polar surface area (TPSA) is 103 Å². The van der Waals surface area contributed by atoms with Gasteiger partial charge in [-0.15, -0.1) is 0 Å². The monoisotopic (exact) mass is 373 g/mol. The van der Waals surface area contributed by atoms with Crippen LogP contribution in [0.3, 0.4) is 0 Å². The van der Waals surface area contributed by atoms with Gasteiger partial charge in [-0.3, -0.25) is 14.5 Å². The number of rotatable bonds is 4. The lowest BCUT2D eigenvalue weighted by atomic mass is 10.1. The molecule has 2 aromatic rings. The first-order valence-electron chi connectivity index (χ1n) is 8.05. The third-order valence-corrected chi connectivity index (χ3v) is 4.32. The van der Waals surface area contributed by atoms with Crippen LogP contribution in [0.15, 0.2) is 15.5 Å². The first kappa shape index (κ1) is 18.4. The summed E-state index contributed by atoms with van der Waals surface area (Å²) in [4.78, 5) is 31.8. The van der Waals surface area contributed by atoms with Crippen LogP contribution in [0.25, 0.3) is 11.1 Å². The molecule has 1 saturated heterocycles. The van der Waals surface area contributed by atoms with Gasteiger partial charge in [-0.2, -0.15) is 13.2 Å². The van der Waals surface area contributed by atoms with E-state index >= 15 is 0 Å². The molecule has 1 unspecified atom stereocenters. The minimum absolute atomic E-state index is 0.0362. The van der Waals surface area contributed by atoms with Crippen LogP contribution in [0.5, 0.6) is 0 Å². The van der Waals surface area contributed by atoms with E-state index in [-0.39, 0.29) is 35.5 Å². The average Bonchev–Trinajstić information content (AvgIpc) is 2.92. The van der Waals surface area contributed by atoms with Crippen LogP contribution in [-0.2, 0) is 0 Å². The number of H-pyrrole nitrogens is 1. The van der Waals surface area contributed by atoms with Crippen LogP contribution >= 0.6 is 0 Å². The lowest BCUT2D eigenvalue weighted by Crippen LogP contribution is -2.57. The van der Waals surface area contributed by atoms with Gasteiger partial charge >= 0.3 is 6.18 Å². The summed E-state index contributed by atoms with van der Waals surface area (Å²) in [6, 6.07) is -1.80. The summed E-state index contributed by atoms with van der Waals surface area (Å²) in [5, 5.41) is 5.20. The van der Waals surface area contributed by atoms with Crippen molar-refractivity contribution >= 4 is 17.0 Å². The molecule has 3 heterocycles. The van der Waals surface area contributed by atoms with Gasteiger partial charge < -0.3 is 20.0 Å². The largest absolute Gasteiger partial charge is 0.442 e. The Morgan fingerprint density at radius 3 is 2.77 bits per heavy atom. The fraction of sp³-hybridized carbons (Fsp3) is 0.533. The number of amides is 1. The maximum atomic E-state index is 13.4. The van der Waals surface area contributed by atoms with Gasteiger partial charge in [-0.05, 0) is 6.92 Å². The predicted molar refractivity (Wildman–Crippen MR) is 86.0 cm³/mol. The van der Waals surface area contributed by atoms with Crippen molar-refractivity contribution in [2.45, 2.75) is 19.1 Å².